The second-order valence-corrected chi connectivity index (χ2v) is 6.27. The summed E-state index contributed by atoms with van der Waals surface area (Å²) < 4.78 is 0. The first-order valence-electron chi connectivity index (χ1n) is 9.07. The van der Waals surface area contributed by atoms with E-state index in [9.17, 15) is 0 Å². The van der Waals surface area contributed by atoms with Crippen LogP contribution in [0.4, 0.5) is 5.69 Å². The SMILES string of the molecule is CCC/N=C/c1cccc(-c2cccc(/N=C(\C)c3ccccc3)c2)c1. The smallest absolute Gasteiger partial charge is 0.0639 e. The van der Waals surface area contributed by atoms with Gasteiger partial charge in [0.05, 0.1) is 5.69 Å². The molecule has 0 unspecified atom stereocenters. The Bertz CT molecular complexity index is 908. The van der Waals surface area contributed by atoms with Crippen molar-refractivity contribution in [3.05, 3.63) is 90.0 Å². The second kappa shape index (κ2) is 8.91. The van der Waals surface area contributed by atoms with Gasteiger partial charge in [0.25, 0.3) is 0 Å². The van der Waals surface area contributed by atoms with Crippen LogP contribution in [0.5, 0.6) is 0 Å². The number of hydrogen-bond acceptors (Lipinski definition) is 2. The van der Waals surface area contributed by atoms with Crippen LogP contribution >= 0.6 is 0 Å². The van der Waals surface area contributed by atoms with Crippen LogP contribution in [-0.4, -0.2) is 18.5 Å². The molecule has 0 aliphatic rings. The summed E-state index contributed by atoms with van der Waals surface area (Å²) in [6.45, 7) is 5.05. The summed E-state index contributed by atoms with van der Waals surface area (Å²) in [7, 11) is 0. The zero-order valence-corrected chi connectivity index (χ0v) is 15.4. The summed E-state index contributed by atoms with van der Waals surface area (Å²) in [5.41, 5.74) is 6.60. The summed E-state index contributed by atoms with van der Waals surface area (Å²) in [4.78, 5) is 9.23. The standard InChI is InChI=1S/C24H24N2/c1-3-15-25-18-20-9-7-12-22(16-20)23-13-8-14-24(17-23)26-19(2)21-10-5-4-6-11-21/h4-14,16-18H,3,15H2,1-2H3/b25-18+,26-19+. The molecule has 0 N–H and O–H groups in total. The van der Waals surface area contributed by atoms with Crippen molar-refractivity contribution >= 4 is 17.6 Å². The molecule has 0 saturated carbocycles. The van der Waals surface area contributed by atoms with Gasteiger partial charge in [-0.1, -0.05) is 67.6 Å². The predicted molar refractivity (Wildman–Crippen MR) is 113 cm³/mol. The Morgan fingerprint density at radius 1 is 0.846 bits per heavy atom. The average Bonchev–Trinajstić information content (AvgIpc) is 2.69. The summed E-state index contributed by atoms with van der Waals surface area (Å²) in [5, 5.41) is 0. The normalized spacial score (nSPS) is 11.8. The Balaban J connectivity index is 1.87. The Morgan fingerprint density at radius 3 is 2.35 bits per heavy atom. The number of aliphatic imine (C=N–C) groups is 2. The van der Waals surface area contributed by atoms with Gasteiger partial charge in [0.2, 0.25) is 0 Å². The maximum Gasteiger partial charge on any atom is 0.0639 e. The Hall–Kier alpha value is -3.00. The van der Waals surface area contributed by atoms with Gasteiger partial charge in [-0.25, -0.2) is 0 Å². The molecule has 0 aliphatic heterocycles. The van der Waals surface area contributed by atoms with Gasteiger partial charge >= 0.3 is 0 Å². The first kappa shape index (κ1) is 17.8. The highest BCUT2D eigenvalue weighted by Gasteiger charge is 2.01. The molecule has 2 nitrogen and oxygen atoms in total. The van der Waals surface area contributed by atoms with Crippen molar-refractivity contribution in [3.63, 3.8) is 0 Å². The highest BCUT2D eigenvalue weighted by Crippen LogP contribution is 2.25. The van der Waals surface area contributed by atoms with Crippen LogP contribution in [0.15, 0.2) is 88.8 Å². The fraction of sp³-hybridized carbons (Fsp3) is 0.167. The third-order valence-corrected chi connectivity index (χ3v) is 4.15. The second-order valence-electron chi connectivity index (χ2n) is 6.27. The van der Waals surface area contributed by atoms with Gasteiger partial charge in [0, 0.05) is 18.5 Å². The van der Waals surface area contributed by atoms with E-state index in [0.29, 0.717) is 0 Å². The number of nitrogens with zero attached hydrogens (tertiary/aromatic N) is 2. The minimum atomic E-state index is 0.868. The fourth-order valence-electron chi connectivity index (χ4n) is 2.79. The minimum absolute atomic E-state index is 0.868. The Morgan fingerprint density at radius 2 is 1.58 bits per heavy atom. The van der Waals surface area contributed by atoms with Crippen LogP contribution < -0.4 is 0 Å². The molecular weight excluding hydrogens is 316 g/mol. The molecule has 0 aliphatic carbocycles. The monoisotopic (exact) mass is 340 g/mol. The quantitative estimate of drug-likeness (QED) is 0.469. The van der Waals surface area contributed by atoms with Crippen molar-refractivity contribution in [2.45, 2.75) is 20.3 Å². The van der Waals surface area contributed by atoms with Crippen molar-refractivity contribution < 1.29 is 0 Å². The predicted octanol–water partition coefficient (Wildman–Crippen LogP) is 6.32. The fourth-order valence-corrected chi connectivity index (χ4v) is 2.79. The average molecular weight is 340 g/mol. The highest BCUT2D eigenvalue weighted by molar-refractivity contribution is 6.00. The van der Waals surface area contributed by atoms with Gasteiger partial charge in [0.15, 0.2) is 0 Å². The van der Waals surface area contributed by atoms with E-state index in [1.54, 1.807) is 0 Å². The molecule has 3 aromatic rings. The molecule has 3 aromatic carbocycles. The van der Waals surface area contributed by atoms with Gasteiger partial charge in [0.1, 0.15) is 0 Å². The summed E-state index contributed by atoms with van der Waals surface area (Å²) in [6, 6.07) is 27.1. The Kier molecular flexibility index (Phi) is 6.10. The van der Waals surface area contributed by atoms with E-state index in [2.05, 4.69) is 66.5 Å². The third kappa shape index (κ3) is 4.76. The molecular formula is C24H24N2. The van der Waals surface area contributed by atoms with E-state index in [4.69, 9.17) is 4.99 Å². The molecule has 0 heterocycles. The summed E-state index contributed by atoms with van der Waals surface area (Å²) in [6.07, 6.45) is 3.02. The molecule has 0 fully saturated rings. The van der Waals surface area contributed by atoms with E-state index >= 15 is 0 Å². The molecule has 0 spiro atoms. The lowest BCUT2D eigenvalue weighted by Crippen LogP contribution is -1.92. The zero-order valence-electron chi connectivity index (χ0n) is 15.4. The van der Waals surface area contributed by atoms with Gasteiger partial charge in [-0.3, -0.25) is 9.98 Å². The first-order chi connectivity index (χ1) is 12.8. The molecule has 130 valence electrons. The van der Waals surface area contributed by atoms with Crippen LogP contribution in [0, 0.1) is 0 Å². The van der Waals surface area contributed by atoms with Crippen molar-refractivity contribution in [1.82, 2.24) is 0 Å². The molecule has 3 rings (SSSR count). The molecule has 2 heteroatoms. The van der Waals surface area contributed by atoms with Crippen LogP contribution in [0.25, 0.3) is 11.1 Å². The minimum Gasteiger partial charge on any atom is -0.293 e. The molecule has 0 atom stereocenters. The van der Waals surface area contributed by atoms with E-state index in [-0.39, 0.29) is 0 Å². The maximum absolute atomic E-state index is 4.79. The molecule has 26 heavy (non-hydrogen) atoms. The molecule has 0 saturated heterocycles. The lowest BCUT2D eigenvalue weighted by molar-refractivity contribution is 0.937. The molecule has 0 aromatic heterocycles. The van der Waals surface area contributed by atoms with E-state index < -0.39 is 0 Å². The summed E-state index contributed by atoms with van der Waals surface area (Å²) >= 11 is 0. The van der Waals surface area contributed by atoms with E-state index in [1.807, 2.05) is 37.4 Å². The van der Waals surface area contributed by atoms with Crippen molar-refractivity contribution in [2.24, 2.45) is 9.98 Å². The van der Waals surface area contributed by atoms with Crippen molar-refractivity contribution in [3.8, 4) is 11.1 Å². The van der Waals surface area contributed by atoms with Gasteiger partial charge in [-0.05, 0) is 53.8 Å². The molecule has 0 bridgehead atoms. The number of rotatable bonds is 6. The van der Waals surface area contributed by atoms with Crippen LogP contribution in [0.1, 0.15) is 31.4 Å². The Labute approximate surface area is 156 Å². The third-order valence-electron chi connectivity index (χ3n) is 4.15. The van der Waals surface area contributed by atoms with E-state index in [0.717, 1.165) is 41.1 Å². The van der Waals surface area contributed by atoms with Crippen molar-refractivity contribution in [1.29, 1.82) is 0 Å². The first-order valence-corrected chi connectivity index (χ1v) is 9.07. The molecule has 0 amide bonds. The number of benzene rings is 3. The number of hydrogen-bond donors (Lipinski definition) is 0. The zero-order chi connectivity index (χ0) is 18.2. The topological polar surface area (TPSA) is 24.7 Å². The maximum atomic E-state index is 4.79. The van der Waals surface area contributed by atoms with Crippen molar-refractivity contribution in [2.75, 3.05) is 6.54 Å². The summed E-state index contributed by atoms with van der Waals surface area (Å²) in [5.74, 6) is 0. The van der Waals surface area contributed by atoms with Crippen LogP contribution in [-0.2, 0) is 0 Å². The van der Waals surface area contributed by atoms with Gasteiger partial charge in [-0.15, -0.1) is 0 Å². The molecule has 0 radical (unpaired) electrons. The van der Waals surface area contributed by atoms with Gasteiger partial charge < -0.3 is 0 Å². The van der Waals surface area contributed by atoms with E-state index in [1.165, 1.54) is 5.56 Å². The van der Waals surface area contributed by atoms with Crippen LogP contribution in [0.2, 0.25) is 0 Å². The lowest BCUT2D eigenvalue weighted by atomic mass is 10.0. The highest BCUT2D eigenvalue weighted by atomic mass is 14.7. The largest absolute Gasteiger partial charge is 0.293 e. The van der Waals surface area contributed by atoms with Crippen LogP contribution in [0.3, 0.4) is 0 Å². The van der Waals surface area contributed by atoms with Gasteiger partial charge in [-0.2, -0.15) is 0 Å². The lowest BCUT2D eigenvalue weighted by Gasteiger charge is -2.06.